The largest absolute Gasteiger partial charge is 0.531 e. The summed E-state index contributed by atoms with van der Waals surface area (Å²) in [6, 6.07) is 4.76. The van der Waals surface area contributed by atoms with Crippen LogP contribution in [0.3, 0.4) is 0 Å². The van der Waals surface area contributed by atoms with Crippen molar-refractivity contribution >= 4 is 23.9 Å². The number of rotatable bonds is 6. The molecule has 0 aliphatic carbocycles. The molecular formula is C14H16N4O8. The first-order valence-electron chi connectivity index (χ1n) is 7.31. The van der Waals surface area contributed by atoms with Crippen LogP contribution >= 0.6 is 0 Å². The monoisotopic (exact) mass is 368 g/mol. The summed E-state index contributed by atoms with van der Waals surface area (Å²) >= 11 is 0. The number of amides is 2. The number of hydrogen-bond donors (Lipinski definition) is 1. The average Bonchev–Trinajstić information content (AvgIpc) is 2.58. The third-order valence-electron chi connectivity index (χ3n) is 2.74. The lowest BCUT2D eigenvalue weighted by atomic mass is 10.2. The molecule has 0 radical (unpaired) electrons. The molecule has 0 bridgehead atoms. The predicted octanol–water partition coefficient (Wildman–Crippen LogP) is 2.29. The lowest BCUT2D eigenvalue weighted by molar-refractivity contribution is -0.443. The summed E-state index contributed by atoms with van der Waals surface area (Å²) in [7, 11) is 0. The zero-order valence-electron chi connectivity index (χ0n) is 13.9. The van der Waals surface area contributed by atoms with E-state index in [0.29, 0.717) is 0 Å². The normalized spacial score (nSPS) is 10.6. The van der Waals surface area contributed by atoms with Gasteiger partial charge in [-0.3, -0.25) is 10.1 Å². The molecule has 2 amide bonds. The van der Waals surface area contributed by atoms with Crippen LogP contribution in [0.2, 0.25) is 0 Å². The molecule has 0 saturated heterocycles. The highest BCUT2D eigenvalue weighted by atomic mass is 16.6. The van der Waals surface area contributed by atoms with Gasteiger partial charge >= 0.3 is 18.0 Å². The van der Waals surface area contributed by atoms with Gasteiger partial charge in [-0.25, -0.2) is 4.79 Å². The van der Waals surface area contributed by atoms with Crippen molar-refractivity contribution < 1.29 is 28.9 Å². The van der Waals surface area contributed by atoms with Gasteiger partial charge in [-0.15, -0.1) is 5.43 Å². The molecule has 0 aliphatic rings. The summed E-state index contributed by atoms with van der Waals surface area (Å²) < 4.78 is 9.28. The van der Waals surface area contributed by atoms with E-state index in [-0.39, 0.29) is 29.5 Å². The van der Waals surface area contributed by atoms with Gasteiger partial charge in [0.2, 0.25) is 0 Å². The van der Waals surface area contributed by atoms with Crippen molar-refractivity contribution in [2.45, 2.75) is 13.8 Å². The van der Waals surface area contributed by atoms with Gasteiger partial charge in [0.05, 0.1) is 18.1 Å². The second kappa shape index (κ2) is 9.56. The first-order valence-corrected chi connectivity index (χ1v) is 7.31. The first kappa shape index (κ1) is 20.3. The highest BCUT2D eigenvalue weighted by molar-refractivity contribution is 5.76. The smallest absolute Gasteiger partial charge is 0.448 e. The van der Waals surface area contributed by atoms with Crippen molar-refractivity contribution in [2.75, 3.05) is 13.2 Å². The minimum atomic E-state index is -1.20. The fraction of sp³-hybridized carbons (Fsp3) is 0.286. The van der Waals surface area contributed by atoms with E-state index in [4.69, 9.17) is 0 Å². The van der Waals surface area contributed by atoms with Crippen LogP contribution in [0, 0.1) is 20.2 Å². The molecule has 0 atom stereocenters. The van der Waals surface area contributed by atoms with Crippen molar-refractivity contribution in [3.05, 3.63) is 55.9 Å². The Bertz CT molecular complexity index is 716. The van der Waals surface area contributed by atoms with Gasteiger partial charge in [-0.05, 0) is 41.5 Å². The number of nitrogens with zero attached hydrogens (tertiary/aromatic N) is 3. The van der Waals surface area contributed by atoms with Gasteiger partial charge in [0.1, 0.15) is 0 Å². The van der Waals surface area contributed by atoms with E-state index in [0.717, 1.165) is 18.2 Å². The lowest BCUT2D eigenvalue weighted by Crippen LogP contribution is -2.47. The SMILES string of the molecule is CCOC(=O)NN(C(=O)OCC)/C(=C\c1ccc([N+](=O)[O-])cc1)[N+](=O)[O-]. The lowest BCUT2D eigenvalue weighted by Gasteiger charge is -2.15. The molecule has 26 heavy (non-hydrogen) atoms. The molecule has 0 saturated carbocycles. The predicted molar refractivity (Wildman–Crippen MR) is 87.1 cm³/mol. The molecule has 12 heteroatoms. The first-order chi connectivity index (χ1) is 12.3. The molecule has 1 N–H and O–H groups in total. The van der Waals surface area contributed by atoms with E-state index in [2.05, 4.69) is 9.47 Å². The molecular weight excluding hydrogens is 352 g/mol. The topological polar surface area (TPSA) is 154 Å². The van der Waals surface area contributed by atoms with Gasteiger partial charge in [0.25, 0.3) is 5.69 Å². The molecule has 0 aliphatic heterocycles. The maximum Gasteiger partial charge on any atom is 0.531 e. The summed E-state index contributed by atoms with van der Waals surface area (Å²) in [6.07, 6.45) is -1.37. The van der Waals surface area contributed by atoms with Gasteiger partial charge in [0, 0.05) is 18.2 Å². The number of nitrogens with one attached hydrogen (secondary N) is 1. The van der Waals surface area contributed by atoms with Gasteiger partial charge in [-0.1, -0.05) is 0 Å². The highest BCUT2D eigenvalue weighted by Crippen LogP contribution is 2.16. The highest BCUT2D eigenvalue weighted by Gasteiger charge is 2.34. The van der Waals surface area contributed by atoms with Crippen LogP contribution in [0.25, 0.3) is 6.08 Å². The summed E-state index contributed by atoms with van der Waals surface area (Å²) in [6.45, 7) is 2.87. The number of hydrogen-bond acceptors (Lipinski definition) is 8. The van der Waals surface area contributed by atoms with Crippen LogP contribution in [0.1, 0.15) is 19.4 Å². The van der Waals surface area contributed by atoms with E-state index >= 15 is 0 Å². The van der Waals surface area contributed by atoms with Crippen molar-refractivity contribution in [3.63, 3.8) is 0 Å². The van der Waals surface area contributed by atoms with Crippen LogP contribution in [-0.4, -0.2) is 40.3 Å². The van der Waals surface area contributed by atoms with Gasteiger partial charge < -0.3 is 19.6 Å². The number of hydrazine groups is 1. The third kappa shape index (κ3) is 5.74. The Labute approximate surface area is 147 Å². The zero-order valence-corrected chi connectivity index (χ0v) is 13.9. The number of ether oxygens (including phenoxy) is 2. The van der Waals surface area contributed by atoms with E-state index < -0.39 is 27.9 Å². The minimum Gasteiger partial charge on any atom is -0.448 e. The van der Waals surface area contributed by atoms with Crippen molar-refractivity contribution in [2.24, 2.45) is 0 Å². The van der Waals surface area contributed by atoms with Crippen LogP contribution in [0.5, 0.6) is 0 Å². The quantitative estimate of drug-likeness (QED) is 0.592. The molecule has 140 valence electrons. The Hall–Kier alpha value is -3.70. The van der Waals surface area contributed by atoms with Gasteiger partial charge in [0.15, 0.2) is 0 Å². The van der Waals surface area contributed by atoms with Gasteiger partial charge in [-0.2, -0.15) is 4.79 Å². The molecule has 1 rings (SSSR count). The fourth-order valence-electron chi connectivity index (χ4n) is 1.68. The maximum absolute atomic E-state index is 12.0. The van der Waals surface area contributed by atoms with E-state index in [1.54, 1.807) is 0 Å². The number of carbonyl (C=O) groups is 2. The maximum atomic E-state index is 12.0. The van der Waals surface area contributed by atoms with Crippen LogP contribution < -0.4 is 5.43 Å². The van der Waals surface area contributed by atoms with Crippen LogP contribution in [0.15, 0.2) is 30.1 Å². The molecule has 0 fully saturated rings. The summed E-state index contributed by atoms with van der Waals surface area (Å²) in [5.74, 6) is -0.842. The van der Waals surface area contributed by atoms with Crippen molar-refractivity contribution in [1.82, 2.24) is 10.4 Å². The standard InChI is InChI=1S/C14H16N4O8/c1-3-25-13(19)15-16(14(20)26-4-2)12(18(23)24)9-10-5-7-11(8-6-10)17(21)22/h5-9H,3-4H2,1-2H3,(H,15,19)/b12-9+. The fourth-order valence-corrected chi connectivity index (χ4v) is 1.68. The molecule has 0 spiro atoms. The Morgan fingerprint density at radius 3 is 2.15 bits per heavy atom. The Balaban J connectivity index is 3.24. The average molecular weight is 368 g/mol. The number of carbonyl (C=O) groups excluding carboxylic acids is 2. The summed E-state index contributed by atoms with van der Waals surface area (Å²) in [4.78, 5) is 44.0. The van der Waals surface area contributed by atoms with Crippen molar-refractivity contribution in [3.8, 4) is 0 Å². The molecule has 1 aromatic rings. The van der Waals surface area contributed by atoms with Crippen molar-refractivity contribution in [1.29, 1.82) is 0 Å². The third-order valence-corrected chi connectivity index (χ3v) is 2.74. The number of nitro benzene ring substituents is 1. The second-order valence-electron chi connectivity index (χ2n) is 4.47. The second-order valence-corrected chi connectivity index (χ2v) is 4.47. The van der Waals surface area contributed by atoms with E-state index in [9.17, 15) is 29.8 Å². The zero-order chi connectivity index (χ0) is 19.7. The number of non-ortho nitro benzene ring substituents is 1. The van der Waals surface area contributed by atoms with Crippen LogP contribution in [0.4, 0.5) is 15.3 Å². The number of nitro groups is 2. The molecule has 12 nitrogen and oxygen atoms in total. The molecule has 0 aromatic heterocycles. The summed E-state index contributed by atoms with van der Waals surface area (Å²) in [5, 5.41) is 22.3. The van der Waals surface area contributed by atoms with Crippen LogP contribution in [-0.2, 0) is 9.47 Å². The molecule has 0 unspecified atom stereocenters. The van der Waals surface area contributed by atoms with E-state index in [1.165, 1.54) is 26.0 Å². The Kier molecular flexibility index (Phi) is 7.48. The summed E-state index contributed by atoms with van der Waals surface area (Å²) in [5.41, 5.74) is 1.88. The number of benzene rings is 1. The Morgan fingerprint density at radius 2 is 1.69 bits per heavy atom. The molecule has 0 heterocycles. The molecule has 1 aromatic carbocycles. The van der Waals surface area contributed by atoms with E-state index in [1.807, 2.05) is 5.43 Å². The minimum absolute atomic E-state index is 0.0254. The Morgan fingerprint density at radius 1 is 1.12 bits per heavy atom.